The molecule has 0 unspecified atom stereocenters. The van der Waals surface area contributed by atoms with E-state index in [0.29, 0.717) is 16.7 Å². The van der Waals surface area contributed by atoms with Crippen LogP contribution < -0.4 is 10.5 Å². The molecule has 30 heavy (non-hydrogen) atoms. The maximum absolute atomic E-state index is 12.8. The molecular weight excluding hydrogens is 408 g/mol. The first-order chi connectivity index (χ1) is 14.2. The van der Waals surface area contributed by atoms with Crippen molar-refractivity contribution in [2.45, 2.75) is 4.90 Å². The average Bonchev–Trinajstić information content (AvgIpc) is 2.73. The highest BCUT2D eigenvalue weighted by Gasteiger charge is 2.18. The number of anilines is 1. The third-order valence-electron chi connectivity index (χ3n) is 4.28. The summed E-state index contributed by atoms with van der Waals surface area (Å²) in [5.41, 5.74) is 6.79. The zero-order valence-electron chi connectivity index (χ0n) is 15.8. The Labute approximate surface area is 173 Å². The van der Waals surface area contributed by atoms with Crippen molar-refractivity contribution in [1.82, 2.24) is 0 Å². The number of phenols is 1. The van der Waals surface area contributed by atoms with Crippen molar-refractivity contribution in [3.8, 4) is 16.9 Å². The lowest BCUT2D eigenvalue weighted by Gasteiger charge is -2.11. The van der Waals surface area contributed by atoms with Crippen molar-refractivity contribution >= 4 is 27.6 Å². The van der Waals surface area contributed by atoms with Gasteiger partial charge in [-0.25, -0.2) is 13.2 Å². The van der Waals surface area contributed by atoms with E-state index < -0.39 is 27.6 Å². The fourth-order valence-electron chi connectivity index (χ4n) is 2.79. The maximum atomic E-state index is 12.8. The van der Waals surface area contributed by atoms with Crippen LogP contribution in [-0.4, -0.2) is 32.5 Å². The first-order valence-electron chi connectivity index (χ1n) is 8.66. The van der Waals surface area contributed by atoms with Crippen LogP contribution in [0, 0.1) is 0 Å². The van der Waals surface area contributed by atoms with E-state index in [1.54, 1.807) is 36.4 Å². The molecule has 8 nitrogen and oxygen atoms in total. The average molecular weight is 426 g/mol. The minimum atomic E-state index is -3.99. The zero-order valence-corrected chi connectivity index (χ0v) is 16.6. The Bertz CT molecular complexity index is 1240. The van der Waals surface area contributed by atoms with Gasteiger partial charge in [-0.15, -0.1) is 0 Å². The Morgan fingerprint density at radius 1 is 0.967 bits per heavy atom. The van der Waals surface area contributed by atoms with E-state index in [-0.39, 0.29) is 16.1 Å². The third kappa shape index (κ3) is 4.41. The van der Waals surface area contributed by atoms with Gasteiger partial charge in [0.25, 0.3) is 10.0 Å². The molecule has 3 rings (SSSR count). The van der Waals surface area contributed by atoms with Gasteiger partial charge < -0.3 is 15.6 Å². The Balaban J connectivity index is 1.91. The number of sulfonamides is 1. The lowest BCUT2D eigenvalue weighted by Crippen LogP contribution is -2.13. The Kier molecular flexibility index (Phi) is 5.74. The number of rotatable bonds is 6. The molecule has 0 atom stereocenters. The number of nitrogens with two attached hydrogens (primary N) is 1. The molecule has 3 aromatic rings. The predicted octanol–water partition coefficient (Wildman–Crippen LogP) is 2.75. The van der Waals surface area contributed by atoms with Crippen molar-refractivity contribution in [1.29, 1.82) is 0 Å². The van der Waals surface area contributed by atoms with Gasteiger partial charge in [0.15, 0.2) is 0 Å². The number of nitrogens with one attached hydrogen (secondary N) is 1. The highest BCUT2D eigenvalue weighted by atomic mass is 32.2. The molecule has 0 radical (unpaired) electrons. The zero-order chi connectivity index (χ0) is 21.9. The Hall–Kier alpha value is -3.85. The number of carbonyl (C=O) groups excluding carboxylic acids is 2. The quantitative estimate of drug-likeness (QED) is 0.519. The van der Waals surface area contributed by atoms with Gasteiger partial charge in [-0.2, -0.15) is 0 Å². The van der Waals surface area contributed by atoms with E-state index in [1.165, 1.54) is 31.4 Å². The number of esters is 1. The topological polar surface area (TPSA) is 136 Å². The number of carbonyl (C=O) groups is 2. The SMILES string of the molecule is COC(=O)c1ccc(NS(=O)(=O)c2cccc(-c3cccc(C(N)=O)c3)c2)cc1O. The molecular formula is C21H18N2O6S. The number of amides is 1. The molecule has 0 saturated carbocycles. The normalized spacial score (nSPS) is 11.0. The second kappa shape index (κ2) is 8.26. The van der Waals surface area contributed by atoms with Crippen LogP contribution >= 0.6 is 0 Å². The number of benzene rings is 3. The molecule has 0 bridgehead atoms. The van der Waals surface area contributed by atoms with E-state index in [1.807, 2.05) is 0 Å². The summed E-state index contributed by atoms with van der Waals surface area (Å²) in [6.07, 6.45) is 0. The standard InChI is InChI=1S/C21H18N2O6S/c1-29-21(26)18-9-8-16(12-19(18)24)23-30(27,28)17-7-3-5-14(11-17)13-4-2-6-15(10-13)20(22)25/h2-12,23-24H,1H3,(H2,22,25). The van der Waals surface area contributed by atoms with E-state index in [0.717, 1.165) is 6.07 Å². The molecule has 0 spiro atoms. The van der Waals surface area contributed by atoms with Crippen LogP contribution in [0.3, 0.4) is 0 Å². The molecule has 0 fully saturated rings. The number of hydrogen-bond donors (Lipinski definition) is 3. The number of hydrogen-bond acceptors (Lipinski definition) is 6. The van der Waals surface area contributed by atoms with Crippen LogP contribution in [0.4, 0.5) is 5.69 Å². The fraction of sp³-hybridized carbons (Fsp3) is 0.0476. The Morgan fingerprint density at radius 2 is 1.63 bits per heavy atom. The number of aromatic hydroxyl groups is 1. The summed E-state index contributed by atoms with van der Waals surface area (Å²) in [6.45, 7) is 0. The number of ether oxygens (including phenoxy) is 1. The second-order valence-electron chi connectivity index (χ2n) is 6.30. The minimum Gasteiger partial charge on any atom is -0.507 e. The van der Waals surface area contributed by atoms with Crippen molar-refractivity contribution in [2.75, 3.05) is 11.8 Å². The van der Waals surface area contributed by atoms with Crippen LogP contribution in [0.2, 0.25) is 0 Å². The largest absolute Gasteiger partial charge is 0.507 e. The highest BCUT2D eigenvalue weighted by molar-refractivity contribution is 7.92. The maximum Gasteiger partial charge on any atom is 0.341 e. The van der Waals surface area contributed by atoms with Crippen molar-refractivity contribution in [2.24, 2.45) is 5.73 Å². The van der Waals surface area contributed by atoms with E-state index in [2.05, 4.69) is 9.46 Å². The number of phenolic OH excluding ortho intramolecular Hbond substituents is 1. The van der Waals surface area contributed by atoms with Crippen LogP contribution in [-0.2, 0) is 14.8 Å². The summed E-state index contributed by atoms with van der Waals surface area (Å²) in [6, 6.07) is 16.4. The van der Waals surface area contributed by atoms with Gasteiger partial charge in [0.1, 0.15) is 11.3 Å². The van der Waals surface area contributed by atoms with Gasteiger partial charge in [0.05, 0.1) is 17.7 Å². The first kappa shape index (κ1) is 20.9. The van der Waals surface area contributed by atoms with Crippen LogP contribution in [0.1, 0.15) is 20.7 Å². The molecule has 3 aromatic carbocycles. The van der Waals surface area contributed by atoms with Gasteiger partial charge in [-0.05, 0) is 47.5 Å². The summed E-state index contributed by atoms with van der Waals surface area (Å²) < 4.78 is 32.5. The number of primary amides is 1. The Morgan fingerprint density at radius 3 is 2.27 bits per heavy atom. The molecule has 0 aromatic heterocycles. The number of methoxy groups -OCH3 is 1. The monoisotopic (exact) mass is 426 g/mol. The van der Waals surface area contributed by atoms with Crippen LogP contribution in [0.25, 0.3) is 11.1 Å². The molecule has 9 heteroatoms. The summed E-state index contributed by atoms with van der Waals surface area (Å²) in [5, 5.41) is 9.95. The molecule has 0 aliphatic rings. The van der Waals surface area contributed by atoms with E-state index in [4.69, 9.17) is 5.73 Å². The molecule has 0 aliphatic heterocycles. The lowest BCUT2D eigenvalue weighted by atomic mass is 10.0. The minimum absolute atomic E-state index is 0.0268. The van der Waals surface area contributed by atoms with Crippen LogP contribution in [0.5, 0.6) is 5.75 Å². The van der Waals surface area contributed by atoms with Crippen LogP contribution in [0.15, 0.2) is 71.6 Å². The fourth-order valence-corrected chi connectivity index (χ4v) is 3.88. The molecule has 0 aliphatic carbocycles. The highest BCUT2D eigenvalue weighted by Crippen LogP contribution is 2.27. The summed E-state index contributed by atoms with van der Waals surface area (Å²) in [5.74, 6) is -1.75. The van der Waals surface area contributed by atoms with Gasteiger partial charge in [-0.3, -0.25) is 9.52 Å². The molecule has 1 amide bonds. The second-order valence-corrected chi connectivity index (χ2v) is 7.98. The summed E-state index contributed by atoms with van der Waals surface area (Å²) in [7, 11) is -2.82. The molecule has 4 N–H and O–H groups in total. The predicted molar refractivity (Wildman–Crippen MR) is 111 cm³/mol. The molecule has 154 valence electrons. The molecule has 0 saturated heterocycles. The summed E-state index contributed by atoms with van der Waals surface area (Å²) >= 11 is 0. The van der Waals surface area contributed by atoms with Gasteiger partial charge in [-0.1, -0.05) is 24.3 Å². The summed E-state index contributed by atoms with van der Waals surface area (Å²) in [4.78, 5) is 22.9. The van der Waals surface area contributed by atoms with Crippen molar-refractivity contribution < 1.29 is 27.9 Å². The first-order valence-corrected chi connectivity index (χ1v) is 10.1. The third-order valence-corrected chi connectivity index (χ3v) is 5.66. The van der Waals surface area contributed by atoms with E-state index >= 15 is 0 Å². The van der Waals surface area contributed by atoms with Crippen molar-refractivity contribution in [3.05, 3.63) is 77.9 Å². The van der Waals surface area contributed by atoms with Crippen molar-refractivity contribution in [3.63, 3.8) is 0 Å². The van der Waals surface area contributed by atoms with E-state index in [9.17, 15) is 23.1 Å². The van der Waals surface area contributed by atoms with Gasteiger partial charge >= 0.3 is 5.97 Å². The molecule has 0 heterocycles. The smallest absolute Gasteiger partial charge is 0.341 e. The lowest BCUT2D eigenvalue weighted by molar-refractivity contribution is 0.0597. The van der Waals surface area contributed by atoms with Gasteiger partial charge in [0, 0.05) is 11.6 Å². The van der Waals surface area contributed by atoms with Gasteiger partial charge in [0.2, 0.25) is 5.91 Å².